The van der Waals surface area contributed by atoms with Crippen LogP contribution < -0.4 is 9.47 Å². The molecule has 1 heterocycles. The maximum atomic E-state index is 12.1. The molecule has 0 spiro atoms. The third-order valence-electron chi connectivity index (χ3n) is 4.10. The summed E-state index contributed by atoms with van der Waals surface area (Å²) in [7, 11) is 1.58. The van der Waals surface area contributed by atoms with Crippen molar-refractivity contribution in [3.8, 4) is 22.8 Å². The number of nitrogens with zero attached hydrogens (tertiary/aromatic N) is 2. The molecule has 0 saturated heterocycles. The average molecular weight is 367 g/mol. The van der Waals surface area contributed by atoms with E-state index in [9.17, 15) is 4.79 Å². The van der Waals surface area contributed by atoms with Gasteiger partial charge in [0, 0.05) is 5.56 Å². The Morgan fingerprint density at radius 3 is 2.67 bits per heavy atom. The molecule has 0 aliphatic heterocycles. The molecule has 140 valence electrons. The first kappa shape index (κ1) is 18.4. The predicted molar refractivity (Wildman–Crippen MR) is 99.8 cm³/mol. The lowest BCUT2D eigenvalue weighted by atomic mass is 10.1. The number of hydrogen-bond donors (Lipinski definition) is 1. The van der Waals surface area contributed by atoms with Gasteiger partial charge in [-0.15, -0.1) is 5.10 Å². The Bertz CT molecular complexity index is 936. The number of aromatic nitrogens is 3. The number of aryl methyl sites for hydroxylation is 1. The van der Waals surface area contributed by atoms with Crippen molar-refractivity contribution in [1.82, 2.24) is 15.4 Å². The van der Waals surface area contributed by atoms with Gasteiger partial charge >= 0.3 is 5.97 Å². The van der Waals surface area contributed by atoms with Gasteiger partial charge in [-0.1, -0.05) is 24.3 Å². The number of hydrogen-bond acceptors (Lipinski definition) is 6. The number of carbonyl (C=O) groups excluding carboxylic acids is 1. The van der Waals surface area contributed by atoms with Crippen LogP contribution >= 0.6 is 0 Å². The summed E-state index contributed by atoms with van der Waals surface area (Å²) in [4.78, 5) is 12.1. The van der Waals surface area contributed by atoms with Crippen LogP contribution in [0, 0.1) is 6.92 Å². The van der Waals surface area contributed by atoms with Gasteiger partial charge in [0.1, 0.15) is 12.3 Å². The van der Waals surface area contributed by atoms with Gasteiger partial charge in [-0.05, 0) is 43.2 Å². The third kappa shape index (κ3) is 4.08. The Labute approximate surface area is 157 Å². The molecule has 0 fully saturated rings. The van der Waals surface area contributed by atoms with Crippen molar-refractivity contribution in [3.05, 3.63) is 59.3 Å². The van der Waals surface area contributed by atoms with E-state index in [-0.39, 0.29) is 12.3 Å². The lowest BCUT2D eigenvalue weighted by Crippen LogP contribution is -2.07. The maximum Gasteiger partial charge on any atom is 0.361 e. The predicted octanol–water partition coefficient (Wildman–Crippen LogP) is 3.54. The van der Waals surface area contributed by atoms with Crippen LogP contribution in [0.25, 0.3) is 11.3 Å². The van der Waals surface area contributed by atoms with E-state index in [1.54, 1.807) is 32.2 Å². The molecule has 1 N–H and O–H groups in total. The standard InChI is InChI=1S/C20H21N3O4/c1-4-26-20(24)19-18(21-23-22-19)14-9-10-16(25-3)17(11-14)27-12-15-8-6-5-7-13(15)2/h5-11H,4,12H2,1-3H3,(H,21,22,23). The quantitative estimate of drug-likeness (QED) is 0.643. The van der Waals surface area contributed by atoms with E-state index in [0.717, 1.165) is 11.1 Å². The Morgan fingerprint density at radius 1 is 1.11 bits per heavy atom. The molecule has 3 rings (SSSR count). The van der Waals surface area contributed by atoms with E-state index < -0.39 is 5.97 Å². The Balaban J connectivity index is 1.89. The topological polar surface area (TPSA) is 86.3 Å². The van der Waals surface area contributed by atoms with Crippen molar-refractivity contribution in [2.45, 2.75) is 20.5 Å². The van der Waals surface area contributed by atoms with Crippen LogP contribution in [0.2, 0.25) is 0 Å². The van der Waals surface area contributed by atoms with E-state index >= 15 is 0 Å². The van der Waals surface area contributed by atoms with Crippen molar-refractivity contribution in [1.29, 1.82) is 0 Å². The monoisotopic (exact) mass is 367 g/mol. The minimum Gasteiger partial charge on any atom is -0.493 e. The first-order valence-corrected chi connectivity index (χ1v) is 8.57. The van der Waals surface area contributed by atoms with Crippen molar-refractivity contribution in [3.63, 3.8) is 0 Å². The minimum atomic E-state index is -0.528. The van der Waals surface area contributed by atoms with Gasteiger partial charge in [0.05, 0.1) is 13.7 Å². The second-order valence-electron chi connectivity index (χ2n) is 5.82. The van der Waals surface area contributed by atoms with E-state index in [0.29, 0.717) is 29.4 Å². The zero-order valence-corrected chi connectivity index (χ0v) is 15.5. The largest absolute Gasteiger partial charge is 0.493 e. The van der Waals surface area contributed by atoms with Crippen LogP contribution in [-0.2, 0) is 11.3 Å². The van der Waals surface area contributed by atoms with Crippen LogP contribution in [0.5, 0.6) is 11.5 Å². The van der Waals surface area contributed by atoms with Crippen LogP contribution in [0.3, 0.4) is 0 Å². The first-order valence-electron chi connectivity index (χ1n) is 8.57. The number of methoxy groups -OCH3 is 1. The molecule has 27 heavy (non-hydrogen) atoms. The van der Waals surface area contributed by atoms with Crippen molar-refractivity contribution >= 4 is 5.97 Å². The molecular weight excluding hydrogens is 346 g/mol. The highest BCUT2D eigenvalue weighted by molar-refractivity contribution is 5.94. The van der Waals surface area contributed by atoms with Crippen LogP contribution in [0.15, 0.2) is 42.5 Å². The SMILES string of the molecule is CCOC(=O)c1n[nH]nc1-c1ccc(OC)c(OCc2ccccc2C)c1. The Hall–Kier alpha value is -3.35. The molecule has 0 amide bonds. The smallest absolute Gasteiger partial charge is 0.361 e. The number of benzene rings is 2. The van der Waals surface area contributed by atoms with Gasteiger partial charge in [-0.3, -0.25) is 0 Å². The fraction of sp³-hybridized carbons (Fsp3) is 0.250. The number of carbonyl (C=O) groups is 1. The summed E-state index contributed by atoms with van der Waals surface area (Å²) < 4.78 is 16.4. The Morgan fingerprint density at radius 2 is 1.93 bits per heavy atom. The Kier molecular flexibility index (Phi) is 5.71. The highest BCUT2D eigenvalue weighted by atomic mass is 16.5. The van der Waals surface area contributed by atoms with Crippen LogP contribution in [-0.4, -0.2) is 35.1 Å². The maximum absolute atomic E-state index is 12.1. The van der Waals surface area contributed by atoms with E-state index in [1.165, 1.54) is 0 Å². The second kappa shape index (κ2) is 8.35. The number of esters is 1. The molecule has 0 saturated carbocycles. The third-order valence-corrected chi connectivity index (χ3v) is 4.10. The molecule has 0 aliphatic carbocycles. The molecule has 3 aromatic rings. The molecule has 0 unspecified atom stereocenters. The number of nitrogens with one attached hydrogen (secondary N) is 1. The highest BCUT2D eigenvalue weighted by Crippen LogP contribution is 2.33. The fourth-order valence-electron chi connectivity index (χ4n) is 2.64. The van der Waals surface area contributed by atoms with Gasteiger partial charge in [-0.2, -0.15) is 10.3 Å². The fourth-order valence-corrected chi connectivity index (χ4v) is 2.64. The number of aromatic amines is 1. The molecule has 0 atom stereocenters. The van der Waals surface area contributed by atoms with Crippen molar-refractivity contribution in [2.75, 3.05) is 13.7 Å². The molecule has 1 aromatic heterocycles. The van der Waals surface area contributed by atoms with Gasteiger partial charge in [0.25, 0.3) is 0 Å². The number of rotatable bonds is 7. The lowest BCUT2D eigenvalue weighted by molar-refractivity contribution is 0.0520. The van der Waals surface area contributed by atoms with Gasteiger partial charge in [-0.25, -0.2) is 4.79 Å². The molecule has 0 bridgehead atoms. The van der Waals surface area contributed by atoms with Crippen molar-refractivity contribution < 1.29 is 19.0 Å². The summed E-state index contributed by atoms with van der Waals surface area (Å²) in [6, 6.07) is 13.3. The van der Waals surface area contributed by atoms with Gasteiger partial charge in [0.2, 0.25) is 0 Å². The molecule has 0 radical (unpaired) electrons. The van der Waals surface area contributed by atoms with E-state index in [1.807, 2.05) is 31.2 Å². The summed E-state index contributed by atoms with van der Waals surface area (Å²) in [6.45, 7) is 4.44. The first-order chi connectivity index (χ1) is 13.1. The van der Waals surface area contributed by atoms with Crippen molar-refractivity contribution in [2.24, 2.45) is 0 Å². The summed E-state index contributed by atoms with van der Waals surface area (Å²) in [5, 5.41) is 10.5. The number of H-pyrrole nitrogens is 1. The summed E-state index contributed by atoms with van der Waals surface area (Å²) >= 11 is 0. The average Bonchev–Trinajstić information content (AvgIpc) is 3.17. The van der Waals surface area contributed by atoms with E-state index in [4.69, 9.17) is 14.2 Å². The molecule has 7 heteroatoms. The lowest BCUT2D eigenvalue weighted by Gasteiger charge is -2.13. The zero-order chi connectivity index (χ0) is 19.2. The van der Waals surface area contributed by atoms with E-state index in [2.05, 4.69) is 15.4 Å². The zero-order valence-electron chi connectivity index (χ0n) is 15.5. The molecule has 0 aliphatic rings. The molecule has 2 aromatic carbocycles. The summed E-state index contributed by atoms with van der Waals surface area (Å²) in [5.41, 5.74) is 3.43. The van der Waals surface area contributed by atoms with Gasteiger partial charge < -0.3 is 14.2 Å². The molecular formula is C20H21N3O4. The molecule has 7 nitrogen and oxygen atoms in total. The van der Waals surface area contributed by atoms with Gasteiger partial charge in [0.15, 0.2) is 17.2 Å². The second-order valence-corrected chi connectivity index (χ2v) is 5.82. The normalized spacial score (nSPS) is 10.5. The highest BCUT2D eigenvalue weighted by Gasteiger charge is 2.20. The summed E-state index contributed by atoms with van der Waals surface area (Å²) in [6.07, 6.45) is 0. The summed E-state index contributed by atoms with van der Waals surface area (Å²) in [5.74, 6) is 0.615. The minimum absolute atomic E-state index is 0.131. The van der Waals surface area contributed by atoms with Crippen LogP contribution in [0.1, 0.15) is 28.5 Å². The number of ether oxygens (including phenoxy) is 3. The van der Waals surface area contributed by atoms with Crippen LogP contribution in [0.4, 0.5) is 0 Å².